The average Bonchev–Trinajstić information content (AvgIpc) is 2.50. The molecule has 0 aromatic heterocycles. The fourth-order valence-corrected chi connectivity index (χ4v) is 4.03. The number of carbonyl (C=O) groups is 1. The summed E-state index contributed by atoms with van der Waals surface area (Å²) in [4.78, 5) is 12.1. The summed E-state index contributed by atoms with van der Waals surface area (Å²) in [6.07, 6.45) is 4.28. The Kier molecular flexibility index (Phi) is 7.10. The first-order valence-electron chi connectivity index (χ1n) is 8.18. The third-order valence-corrected chi connectivity index (χ3v) is 5.99. The summed E-state index contributed by atoms with van der Waals surface area (Å²) in [5.74, 6) is 3.32. The van der Waals surface area contributed by atoms with Crippen molar-refractivity contribution in [2.24, 2.45) is 11.8 Å². The number of halogens is 1. The fourth-order valence-electron chi connectivity index (χ4n) is 3.00. The molecule has 2 nitrogen and oxygen atoms in total. The van der Waals surface area contributed by atoms with Crippen LogP contribution < -0.4 is 5.32 Å². The lowest BCUT2D eigenvalue weighted by Gasteiger charge is -2.34. The van der Waals surface area contributed by atoms with Gasteiger partial charge in [-0.3, -0.25) is 4.79 Å². The molecule has 22 heavy (non-hydrogen) atoms. The van der Waals surface area contributed by atoms with E-state index < -0.39 is 0 Å². The number of amides is 1. The van der Waals surface area contributed by atoms with E-state index in [1.165, 1.54) is 18.4 Å². The van der Waals surface area contributed by atoms with E-state index in [1.54, 1.807) is 11.8 Å². The van der Waals surface area contributed by atoms with Gasteiger partial charge < -0.3 is 5.32 Å². The van der Waals surface area contributed by atoms with Crippen LogP contribution in [-0.2, 0) is 10.5 Å². The molecule has 0 spiro atoms. The van der Waals surface area contributed by atoms with E-state index in [0.29, 0.717) is 18.4 Å². The van der Waals surface area contributed by atoms with Crippen LogP contribution in [0.15, 0.2) is 24.3 Å². The standard InChI is InChI=1S/C18H26ClNOS/c1-13-4-3-5-17(14(13)2)20-18(21)10-11-22-12-15-6-8-16(19)9-7-15/h6-9,13-14,17H,3-5,10-12H2,1-2H3,(H,20,21)/t13-,14+,17-/m1/s1. The molecule has 4 heteroatoms. The van der Waals surface area contributed by atoms with Crippen LogP contribution in [0.2, 0.25) is 5.02 Å². The lowest BCUT2D eigenvalue weighted by atomic mass is 9.78. The van der Waals surface area contributed by atoms with Gasteiger partial charge in [0.2, 0.25) is 5.91 Å². The third-order valence-electron chi connectivity index (χ3n) is 4.71. The van der Waals surface area contributed by atoms with Crippen molar-refractivity contribution >= 4 is 29.3 Å². The molecule has 3 atom stereocenters. The Balaban J connectivity index is 1.64. The Morgan fingerprint density at radius 2 is 2.00 bits per heavy atom. The summed E-state index contributed by atoms with van der Waals surface area (Å²) < 4.78 is 0. The quantitative estimate of drug-likeness (QED) is 0.746. The van der Waals surface area contributed by atoms with Crippen LogP contribution in [0.5, 0.6) is 0 Å². The summed E-state index contributed by atoms with van der Waals surface area (Å²) in [7, 11) is 0. The monoisotopic (exact) mass is 339 g/mol. The Hall–Kier alpha value is -0.670. The Labute approximate surface area is 143 Å². The Bertz CT molecular complexity index is 476. The molecule has 1 saturated carbocycles. The molecule has 1 aliphatic carbocycles. The van der Waals surface area contributed by atoms with Crippen LogP contribution in [0, 0.1) is 11.8 Å². The van der Waals surface area contributed by atoms with Crippen molar-refractivity contribution in [2.45, 2.75) is 51.3 Å². The van der Waals surface area contributed by atoms with E-state index in [-0.39, 0.29) is 5.91 Å². The van der Waals surface area contributed by atoms with Crippen molar-refractivity contribution in [1.82, 2.24) is 5.32 Å². The molecule has 0 saturated heterocycles. The zero-order valence-electron chi connectivity index (χ0n) is 13.5. The minimum absolute atomic E-state index is 0.203. The van der Waals surface area contributed by atoms with Gasteiger partial charge in [0, 0.05) is 29.0 Å². The van der Waals surface area contributed by atoms with Crippen LogP contribution in [-0.4, -0.2) is 17.7 Å². The molecule has 1 amide bonds. The normalized spacial score (nSPS) is 25.0. The summed E-state index contributed by atoms with van der Waals surface area (Å²) >= 11 is 7.67. The van der Waals surface area contributed by atoms with Gasteiger partial charge in [-0.1, -0.05) is 50.4 Å². The van der Waals surface area contributed by atoms with Crippen molar-refractivity contribution in [3.05, 3.63) is 34.9 Å². The van der Waals surface area contributed by atoms with E-state index in [2.05, 4.69) is 19.2 Å². The number of rotatable bonds is 6. The van der Waals surface area contributed by atoms with Gasteiger partial charge in [0.25, 0.3) is 0 Å². The topological polar surface area (TPSA) is 29.1 Å². The molecular weight excluding hydrogens is 314 g/mol. The zero-order valence-corrected chi connectivity index (χ0v) is 15.1. The second-order valence-corrected chi connectivity index (χ2v) is 7.91. The highest BCUT2D eigenvalue weighted by Crippen LogP contribution is 2.29. The second-order valence-electron chi connectivity index (χ2n) is 6.37. The first kappa shape index (κ1) is 17.7. The summed E-state index contributed by atoms with van der Waals surface area (Å²) in [5, 5.41) is 4.00. The van der Waals surface area contributed by atoms with E-state index in [9.17, 15) is 4.79 Å². The summed E-state index contributed by atoms with van der Waals surface area (Å²) in [6, 6.07) is 8.28. The number of hydrogen-bond donors (Lipinski definition) is 1. The molecule has 0 bridgehead atoms. The molecule has 1 N–H and O–H groups in total. The lowest BCUT2D eigenvalue weighted by molar-refractivity contribution is -0.122. The molecule has 122 valence electrons. The molecule has 1 aromatic rings. The van der Waals surface area contributed by atoms with Crippen LogP contribution in [0.1, 0.15) is 45.1 Å². The van der Waals surface area contributed by atoms with Crippen molar-refractivity contribution in [3.63, 3.8) is 0 Å². The minimum Gasteiger partial charge on any atom is -0.353 e. The zero-order chi connectivity index (χ0) is 15.9. The molecule has 0 unspecified atom stereocenters. The highest BCUT2D eigenvalue weighted by molar-refractivity contribution is 7.98. The molecule has 0 radical (unpaired) electrons. The van der Waals surface area contributed by atoms with Gasteiger partial charge in [-0.25, -0.2) is 0 Å². The third kappa shape index (κ3) is 5.51. The van der Waals surface area contributed by atoms with Crippen LogP contribution in [0.25, 0.3) is 0 Å². The molecule has 1 fully saturated rings. The molecule has 2 rings (SSSR count). The van der Waals surface area contributed by atoms with E-state index >= 15 is 0 Å². The SMILES string of the molecule is C[C@H]1[C@H](C)CCC[C@H]1NC(=O)CCSCc1ccc(Cl)cc1. The summed E-state index contributed by atoms with van der Waals surface area (Å²) in [5.41, 5.74) is 1.25. The summed E-state index contributed by atoms with van der Waals surface area (Å²) in [6.45, 7) is 4.56. The number of thioether (sulfide) groups is 1. The molecule has 0 aliphatic heterocycles. The Morgan fingerprint density at radius 3 is 2.73 bits per heavy atom. The maximum absolute atomic E-state index is 12.1. The number of nitrogens with one attached hydrogen (secondary N) is 1. The second kappa shape index (κ2) is 8.83. The predicted molar refractivity (Wildman–Crippen MR) is 96.3 cm³/mol. The molecule has 1 aromatic carbocycles. The van der Waals surface area contributed by atoms with E-state index in [4.69, 9.17) is 11.6 Å². The molecular formula is C18H26ClNOS. The predicted octanol–water partition coefficient (Wildman–Crippen LogP) is 4.90. The fraction of sp³-hybridized carbons (Fsp3) is 0.611. The largest absolute Gasteiger partial charge is 0.353 e. The first-order valence-corrected chi connectivity index (χ1v) is 9.71. The molecule has 1 aliphatic rings. The number of benzene rings is 1. The van der Waals surface area contributed by atoms with Crippen molar-refractivity contribution in [1.29, 1.82) is 0 Å². The van der Waals surface area contributed by atoms with Gasteiger partial charge in [-0.2, -0.15) is 11.8 Å². The smallest absolute Gasteiger partial charge is 0.221 e. The van der Waals surface area contributed by atoms with Gasteiger partial charge >= 0.3 is 0 Å². The number of hydrogen-bond acceptors (Lipinski definition) is 2. The van der Waals surface area contributed by atoms with E-state index in [1.807, 2.05) is 24.3 Å². The van der Waals surface area contributed by atoms with Crippen molar-refractivity contribution in [3.8, 4) is 0 Å². The van der Waals surface area contributed by atoms with Gasteiger partial charge in [-0.15, -0.1) is 0 Å². The van der Waals surface area contributed by atoms with Gasteiger partial charge in [-0.05, 0) is 36.0 Å². The minimum atomic E-state index is 0.203. The van der Waals surface area contributed by atoms with Gasteiger partial charge in [0.1, 0.15) is 0 Å². The average molecular weight is 340 g/mol. The van der Waals surface area contributed by atoms with Crippen LogP contribution in [0.3, 0.4) is 0 Å². The van der Waals surface area contributed by atoms with Crippen LogP contribution >= 0.6 is 23.4 Å². The highest BCUT2D eigenvalue weighted by Gasteiger charge is 2.27. The van der Waals surface area contributed by atoms with E-state index in [0.717, 1.165) is 28.9 Å². The van der Waals surface area contributed by atoms with Crippen LogP contribution in [0.4, 0.5) is 0 Å². The van der Waals surface area contributed by atoms with Gasteiger partial charge in [0.05, 0.1) is 0 Å². The van der Waals surface area contributed by atoms with Gasteiger partial charge in [0.15, 0.2) is 0 Å². The van der Waals surface area contributed by atoms with Crippen molar-refractivity contribution in [2.75, 3.05) is 5.75 Å². The Morgan fingerprint density at radius 1 is 1.27 bits per heavy atom. The lowest BCUT2D eigenvalue weighted by Crippen LogP contribution is -2.43. The van der Waals surface area contributed by atoms with Crippen molar-refractivity contribution < 1.29 is 4.79 Å². The highest BCUT2D eigenvalue weighted by atomic mass is 35.5. The molecule has 0 heterocycles. The maximum Gasteiger partial charge on any atom is 0.221 e. The first-order chi connectivity index (χ1) is 10.6. The number of carbonyl (C=O) groups excluding carboxylic acids is 1. The maximum atomic E-state index is 12.1.